The quantitative estimate of drug-likeness (QED) is 0.495. The van der Waals surface area contributed by atoms with E-state index in [1.165, 1.54) is 11.1 Å². The summed E-state index contributed by atoms with van der Waals surface area (Å²) in [6.07, 6.45) is 2.18. The van der Waals surface area contributed by atoms with E-state index in [-0.39, 0.29) is 0 Å². The first-order valence-electron chi connectivity index (χ1n) is 5.65. The van der Waals surface area contributed by atoms with Crippen molar-refractivity contribution in [1.82, 2.24) is 0 Å². The van der Waals surface area contributed by atoms with Gasteiger partial charge in [-0.2, -0.15) is 0 Å². The summed E-state index contributed by atoms with van der Waals surface area (Å²) >= 11 is 0. The average molecular weight is 228 g/mol. The van der Waals surface area contributed by atoms with Gasteiger partial charge in [0.15, 0.2) is 0 Å². The van der Waals surface area contributed by atoms with E-state index >= 15 is 0 Å². The van der Waals surface area contributed by atoms with Crippen molar-refractivity contribution in [3.63, 3.8) is 0 Å². The molecule has 0 fully saturated rings. The number of benzene rings is 1. The monoisotopic (exact) mass is 228 g/mol. The van der Waals surface area contributed by atoms with Crippen LogP contribution in [0.25, 0.3) is 6.08 Å². The minimum absolute atomic E-state index is 1.12. The van der Waals surface area contributed by atoms with E-state index in [1.807, 2.05) is 0 Å². The van der Waals surface area contributed by atoms with Crippen molar-refractivity contribution in [3.8, 4) is 11.5 Å². The molecule has 16 heavy (non-hydrogen) atoms. The molecule has 0 unspecified atom stereocenters. The summed E-state index contributed by atoms with van der Waals surface area (Å²) in [4.78, 5) is 0. The molecule has 0 atom stereocenters. The molecule has 1 rings (SSSR count). The summed E-state index contributed by atoms with van der Waals surface area (Å²) in [6.45, 7) is 11.0. The van der Waals surface area contributed by atoms with Gasteiger partial charge in [0.2, 0.25) is 0 Å². The zero-order chi connectivity index (χ0) is 12.2. The molecule has 1 aromatic rings. The highest BCUT2D eigenvalue weighted by Crippen LogP contribution is 2.08. The van der Waals surface area contributed by atoms with E-state index in [1.54, 1.807) is 0 Å². The SMILES string of the molecule is CC(C)=Cc1ccc(C#C[Si](C)(C)C)cc1. The Morgan fingerprint density at radius 1 is 1.06 bits per heavy atom. The lowest BCUT2D eigenvalue weighted by molar-refractivity contribution is 1.42. The first-order valence-corrected chi connectivity index (χ1v) is 9.15. The Labute approximate surface area is 100 Å². The molecule has 0 aliphatic heterocycles. The van der Waals surface area contributed by atoms with Gasteiger partial charge in [-0.05, 0) is 31.5 Å². The van der Waals surface area contributed by atoms with Gasteiger partial charge < -0.3 is 0 Å². The molecule has 0 aromatic heterocycles. The predicted molar refractivity (Wildman–Crippen MR) is 76.0 cm³/mol. The van der Waals surface area contributed by atoms with Gasteiger partial charge in [0.1, 0.15) is 8.07 Å². The molecular formula is C15H20Si. The maximum absolute atomic E-state index is 3.37. The van der Waals surface area contributed by atoms with Crippen molar-refractivity contribution in [1.29, 1.82) is 0 Å². The van der Waals surface area contributed by atoms with Gasteiger partial charge in [-0.15, -0.1) is 5.54 Å². The smallest absolute Gasteiger partial charge is 0.127 e. The van der Waals surface area contributed by atoms with E-state index in [2.05, 4.69) is 75.3 Å². The fourth-order valence-electron chi connectivity index (χ4n) is 1.26. The van der Waals surface area contributed by atoms with Gasteiger partial charge >= 0.3 is 0 Å². The second-order valence-electron chi connectivity index (χ2n) is 5.34. The fourth-order valence-corrected chi connectivity index (χ4v) is 1.78. The van der Waals surface area contributed by atoms with Crippen LogP contribution in [0.4, 0.5) is 0 Å². The second-order valence-corrected chi connectivity index (χ2v) is 10.1. The van der Waals surface area contributed by atoms with Crippen LogP contribution in [0.1, 0.15) is 25.0 Å². The maximum atomic E-state index is 3.37. The molecule has 0 saturated carbocycles. The highest BCUT2D eigenvalue weighted by atomic mass is 28.3. The number of hydrogen-bond acceptors (Lipinski definition) is 0. The third-order valence-electron chi connectivity index (χ3n) is 1.95. The van der Waals surface area contributed by atoms with Gasteiger partial charge in [-0.3, -0.25) is 0 Å². The summed E-state index contributed by atoms with van der Waals surface area (Å²) < 4.78 is 0. The van der Waals surface area contributed by atoms with Crippen LogP contribution in [-0.2, 0) is 0 Å². The van der Waals surface area contributed by atoms with Crippen LogP contribution in [0, 0.1) is 11.5 Å². The highest BCUT2D eigenvalue weighted by Gasteiger charge is 2.07. The highest BCUT2D eigenvalue weighted by molar-refractivity contribution is 6.83. The van der Waals surface area contributed by atoms with Crippen molar-refractivity contribution in [2.75, 3.05) is 0 Å². The van der Waals surface area contributed by atoms with Crippen LogP contribution < -0.4 is 0 Å². The van der Waals surface area contributed by atoms with Crippen LogP contribution in [0.2, 0.25) is 19.6 Å². The zero-order valence-electron chi connectivity index (χ0n) is 10.9. The molecule has 0 N–H and O–H groups in total. The van der Waals surface area contributed by atoms with E-state index in [0.717, 1.165) is 5.56 Å². The van der Waals surface area contributed by atoms with Gasteiger partial charge in [0.05, 0.1) is 0 Å². The zero-order valence-corrected chi connectivity index (χ0v) is 11.9. The Bertz CT molecular complexity index is 429. The van der Waals surface area contributed by atoms with Crippen molar-refractivity contribution < 1.29 is 0 Å². The normalized spacial score (nSPS) is 10.3. The Hall–Kier alpha value is -1.26. The molecule has 0 spiro atoms. The third-order valence-corrected chi connectivity index (χ3v) is 2.82. The van der Waals surface area contributed by atoms with Crippen LogP contribution in [0.15, 0.2) is 29.8 Å². The summed E-state index contributed by atoms with van der Waals surface area (Å²) in [6, 6.07) is 8.45. The fraction of sp³-hybridized carbons (Fsp3) is 0.333. The molecule has 0 saturated heterocycles. The number of hydrogen-bond donors (Lipinski definition) is 0. The largest absolute Gasteiger partial charge is 0.129 e. The molecule has 0 aliphatic carbocycles. The van der Waals surface area contributed by atoms with E-state index in [4.69, 9.17) is 0 Å². The number of allylic oxidation sites excluding steroid dienone is 1. The molecule has 84 valence electrons. The Balaban J connectivity index is 2.87. The van der Waals surface area contributed by atoms with Gasteiger partial charge in [0.25, 0.3) is 0 Å². The summed E-state index contributed by atoms with van der Waals surface area (Å²) in [5, 5.41) is 0. The van der Waals surface area contributed by atoms with Crippen LogP contribution in [0.3, 0.4) is 0 Å². The predicted octanol–water partition coefficient (Wildman–Crippen LogP) is 4.34. The van der Waals surface area contributed by atoms with Gasteiger partial charge in [0, 0.05) is 5.56 Å². The standard InChI is InChI=1S/C15H20Si/c1-13(2)12-15-8-6-14(7-9-15)10-11-16(3,4)5/h6-9,12H,1-5H3. The molecule has 0 bridgehead atoms. The molecule has 0 heterocycles. The lowest BCUT2D eigenvalue weighted by Gasteiger charge is -2.03. The van der Waals surface area contributed by atoms with Crippen molar-refractivity contribution in [2.45, 2.75) is 33.5 Å². The van der Waals surface area contributed by atoms with Gasteiger partial charge in [-0.25, -0.2) is 0 Å². The molecule has 0 aliphatic rings. The molecule has 0 nitrogen and oxygen atoms in total. The summed E-state index contributed by atoms with van der Waals surface area (Å²) in [5.74, 6) is 3.26. The molecular weight excluding hydrogens is 208 g/mol. The van der Waals surface area contributed by atoms with Crippen molar-refractivity contribution in [3.05, 3.63) is 41.0 Å². The average Bonchev–Trinajstić information content (AvgIpc) is 2.14. The maximum Gasteiger partial charge on any atom is 0.129 e. The molecule has 0 radical (unpaired) electrons. The van der Waals surface area contributed by atoms with Crippen LogP contribution in [-0.4, -0.2) is 8.07 Å². The Kier molecular flexibility index (Phi) is 4.15. The first-order chi connectivity index (χ1) is 7.37. The molecule has 1 aromatic carbocycles. The van der Waals surface area contributed by atoms with Crippen LogP contribution >= 0.6 is 0 Å². The first kappa shape index (κ1) is 12.8. The summed E-state index contributed by atoms with van der Waals surface area (Å²) in [7, 11) is -1.25. The van der Waals surface area contributed by atoms with Crippen molar-refractivity contribution >= 4 is 14.1 Å². The third kappa shape index (κ3) is 5.00. The van der Waals surface area contributed by atoms with E-state index in [0.29, 0.717) is 0 Å². The minimum atomic E-state index is -1.25. The Morgan fingerprint density at radius 3 is 2.06 bits per heavy atom. The topological polar surface area (TPSA) is 0 Å². The second kappa shape index (κ2) is 5.18. The minimum Gasteiger partial charge on any atom is -0.127 e. The van der Waals surface area contributed by atoms with E-state index < -0.39 is 8.07 Å². The van der Waals surface area contributed by atoms with Gasteiger partial charge in [-0.1, -0.05) is 49.3 Å². The molecule has 0 amide bonds. The lowest BCUT2D eigenvalue weighted by Crippen LogP contribution is -2.16. The van der Waals surface area contributed by atoms with Crippen molar-refractivity contribution in [2.24, 2.45) is 0 Å². The molecule has 1 heteroatoms. The number of rotatable bonds is 1. The van der Waals surface area contributed by atoms with Crippen LogP contribution in [0.5, 0.6) is 0 Å². The summed E-state index contributed by atoms with van der Waals surface area (Å²) in [5.41, 5.74) is 7.06. The van der Waals surface area contributed by atoms with E-state index in [9.17, 15) is 0 Å². The Morgan fingerprint density at radius 2 is 1.62 bits per heavy atom. The lowest BCUT2D eigenvalue weighted by atomic mass is 10.1.